The fourth-order valence-electron chi connectivity index (χ4n) is 2.22. The zero-order valence-corrected chi connectivity index (χ0v) is 11.4. The van der Waals surface area contributed by atoms with Gasteiger partial charge in [-0.3, -0.25) is 9.88 Å². The van der Waals surface area contributed by atoms with E-state index in [0.717, 1.165) is 24.8 Å². The van der Waals surface area contributed by atoms with Gasteiger partial charge in [0.05, 0.1) is 5.69 Å². The molecule has 2 rings (SSSR count). The minimum Gasteiger partial charge on any atom is -0.310 e. The molecule has 1 fully saturated rings. The van der Waals surface area contributed by atoms with Crippen LogP contribution in [0.3, 0.4) is 0 Å². The summed E-state index contributed by atoms with van der Waals surface area (Å²) < 4.78 is 0. The molecule has 100 valence electrons. The molecule has 0 bridgehead atoms. The maximum Gasteiger partial charge on any atom is 0.0541 e. The van der Waals surface area contributed by atoms with Crippen molar-refractivity contribution in [1.29, 1.82) is 0 Å². The van der Waals surface area contributed by atoms with Crippen LogP contribution in [-0.2, 0) is 6.54 Å². The van der Waals surface area contributed by atoms with E-state index >= 15 is 0 Å². The number of hydrogen-bond acceptors (Lipinski definition) is 3. The van der Waals surface area contributed by atoms with Gasteiger partial charge in [0.1, 0.15) is 0 Å². The van der Waals surface area contributed by atoms with Gasteiger partial charge in [-0.15, -0.1) is 0 Å². The molecule has 0 aromatic carbocycles. The third-order valence-corrected chi connectivity index (χ3v) is 3.47. The summed E-state index contributed by atoms with van der Waals surface area (Å²) >= 11 is 0. The van der Waals surface area contributed by atoms with Gasteiger partial charge in [0.2, 0.25) is 0 Å². The van der Waals surface area contributed by atoms with Gasteiger partial charge in [-0.25, -0.2) is 0 Å². The third-order valence-electron chi connectivity index (χ3n) is 3.47. The maximum atomic E-state index is 4.32. The lowest BCUT2D eigenvalue weighted by Crippen LogP contribution is -2.34. The summed E-state index contributed by atoms with van der Waals surface area (Å²) in [5.41, 5.74) is 1.13. The van der Waals surface area contributed by atoms with Crippen molar-refractivity contribution in [1.82, 2.24) is 15.2 Å². The second-order valence-corrected chi connectivity index (χ2v) is 5.12. The highest BCUT2D eigenvalue weighted by Crippen LogP contribution is 2.26. The summed E-state index contributed by atoms with van der Waals surface area (Å²) in [4.78, 5) is 6.96. The van der Waals surface area contributed by atoms with E-state index in [2.05, 4.69) is 28.2 Å². The topological polar surface area (TPSA) is 28.2 Å². The van der Waals surface area contributed by atoms with Crippen molar-refractivity contribution < 1.29 is 0 Å². The average Bonchev–Trinajstić information content (AvgIpc) is 3.23. The van der Waals surface area contributed by atoms with Gasteiger partial charge in [-0.1, -0.05) is 19.4 Å². The van der Waals surface area contributed by atoms with Crippen molar-refractivity contribution in [2.45, 2.75) is 45.2 Å². The minimum atomic E-state index is 0.882. The van der Waals surface area contributed by atoms with Crippen molar-refractivity contribution in [3.05, 3.63) is 30.1 Å². The van der Waals surface area contributed by atoms with Crippen molar-refractivity contribution in [2.24, 2.45) is 0 Å². The average molecular weight is 247 g/mol. The van der Waals surface area contributed by atoms with Gasteiger partial charge in [0, 0.05) is 31.9 Å². The molecule has 1 aliphatic rings. The molecule has 0 unspecified atom stereocenters. The van der Waals surface area contributed by atoms with Crippen LogP contribution in [0.15, 0.2) is 24.4 Å². The van der Waals surface area contributed by atoms with Crippen LogP contribution in [0, 0.1) is 0 Å². The molecule has 0 amide bonds. The van der Waals surface area contributed by atoms with E-state index in [9.17, 15) is 0 Å². The fraction of sp³-hybridized carbons (Fsp3) is 0.667. The molecular formula is C15H25N3. The Balaban J connectivity index is 1.61. The second-order valence-electron chi connectivity index (χ2n) is 5.12. The zero-order chi connectivity index (χ0) is 12.6. The molecule has 1 aromatic heterocycles. The van der Waals surface area contributed by atoms with Crippen LogP contribution >= 0.6 is 0 Å². The van der Waals surface area contributed by atoms with Crippen LogP contribution < -0.4 is 5.32 Å². The molecule has 1 N–H and O–H groups in total. The van der Waals surface area contributed by atoms with Crippen LogP contribution in [0.1, 0.15) is 38.3 Å². The maximum absolute atomic E-state index is 4.32. The lowest BCUT2D eigenvalue weighted by Gasteiger charge is -2.21. The Morgan fingerprint density at radius 1 is 1.33 bits per heavy atom. The summed E-state index contributed by atoms with van der Waals surface area (Å²) in [5.74, 6) is 0. The van der Waals surface area contributed by atoms with Gasteiger partial charge >= 0.3 is 0 Å². The molecule has 0 radical (unpaired) electrons. The lowest BCUT2D eigenvalue weighted by atomic mass is 10.3. The molecule has 18 heavy (non-hydrogen) atoms. The summed E-state index contributed by atoms with van der Waals surface area (Å²) in [7, 11) is 0. The van der Waals surface area contributed by atoms with Gasteiger partial charge in [0.15, 0.2) is 0 Å². The minimum absolute atomic E-state index is 0.882. The Kier molecular flexibility index (Phi) is 5.62. The molecule has 3 heteroatoms. The van der Waals surface area contributed by atoms with Crippen molar-refractivity contribution in [3.8, 4) is 0 Å². The molecule has 1 aliphatic carbocycles. The number of aromatic nitrogens is 1. The van der Waals surface area contributed by atoms with Crippen molar-refractivity contribution in [3.63, 3.8) is 0 Å². The van der Waals surface area contributed by atoms with Crippen LogP contribution in [0.2, 0.25) is 0 Å². The number of rotatable bonds is 9. The molecule has 1 aromatic rings. The predicted molar refractivity (Wildman–Crippen MR) is 75.4 cm³/mol. The Morgan fingerprint density at radius 2 is 2.22 bits per heavy atom. The van der Waals surface area contributed by atoms with E-state index in [1.165, 1.54) is 38.8 Å². The summed E-state index contributed by atoms with van der Waals surface area (Å²) in [6, 6.07) is 6.96. The van der Waals surface area contributed by atoms with Crippen molar-refractivity contribution in [2.75, 3.05) is 19.6 Å². The third kappa shape index (κ3) is 4.75. The Morgan fingerprint density at radius 3 is 2.89 bits per heavy atom. The SMILES string of the molecule is CCCCN(CCNCc1ccccn1)C1CC1. The molecular weight excluding hydrogens is 222 g/mol. The standard InChI is InChI=1S/C15H25N3/c1-2-3-11-18(15-7-8-15)12-10-16-13-14-6-4-5-9-17-14/h4-6,9,15-16H,2-3,7-8,10-13H2,1H3. The smallest absolute Gasteiger partial charge is 0.0541 e. The summed E-state index contributed by atoms with van der Waals surface area (Å²) in [5, 5.41) is 3.49. The number of unbranched alkanes of at least 4 members (excludes halogenated alkanes) is 1. The molecule has 0 saturated heterocycles. The molecule has 1 saturated carbocycles. The van der Waals surface area contributed by atoms with Gasteiger partial charge in [-0.2, -0.15) is 0 Å². The normalized spacial score (nSPS) is 15.2. The van der Waals surface area contributed by atoms with Crippen LogP contribution in [0.4, 0.5) is 0 Å². The van der Waals surface area contributed by atoms with Crippen molar-refractivity contribution >= 4 is 0 Å². The number of hydrogen-bond donors (Lipinski definition) is 1. The predicted octanol–water partition coefficient (Wildman–Crippen LogP) is 2.44. The first kappa shape index (κ1) is 13.5. The summed E-state index contributed by atoms with van der Waals surface area (Å²) in [6.07, 6.45) is 7.30. The monoisotopic (exact) mass is 247 g/mol. The van der Waals surface area contributed by atoms with Gasteiger partial charge < -0.3 is 5.32 Å². The Hall–Kier alpha value is -0.930. The molecule has 3 nitrogen and oxygen atoms in total. The largest absolute Gasteiger partial charge is 0.310 e. The lowest BCUT2D eigenvalue weighted by molar-refractivity contribution is 0.258. The summed E-state index contributed by atoms with van der Waals surface area (Å²) in [6.45, 7) is 6.66. The molecule has 0 aliphatic heterocycles. The molecule has 0 spiro atoms. The highest BCUT2D eigenvalue weighted by molar-refractivity contribution is 5.02. The number of pyridine rings is 1. The van der Waals surface area contributed by atoms with Crippen LogP contribution in [0.5, 0.6) is 0 Å². The fourth-order valence-corrected chi connectivity index (χ4v) is 2.22. The zero-order valence-electron chi connectivity index (χ0n) is 11.4. The number of nitrogens with zero attached hydrogens (tertiary/aromatic N) is 2. The Labute approximate surface area is 111 Å². The first-order valence-corrected chi connectivity index (χ1v) is 7.25. The first-order chi connectivity index (χ1) is 8.90. The highest BCUT2D eigenvalue weighted by atomic mass is 15.2. The highest BCUT2D eigenvalue weighted by Gasteiger charge is 2.27. The second kappa shape index (κ2) is 7.49. The van der Waals surface area contributed by atoms with Crippen LogP contribution in [0.25, 0.3) is 0 Å². The van der Waals surface area contributed by atoms with Gasteiger partial charge in [-0.05, 0) is 37.9 Å². The van der Waals surface area contributed by atoms with E-state index in [-0.39, 0.29) is 0 Å². The van der Waals surface area contributed by atoms with E-state index in [4.69, 9.17) is 0 Å². The Bertz CT molecular complexity index is 322. The van der Waals surface area contributed by atoms with E-state index < -0.39 is 0 Å². The quantitative estimate of drug-likeness (QED) is 0.679. The van der Waals surface area contributed by atoms with E-state index in [1.807, 2.05) is 18.3 Å². The first-order valence-electron chi connectivity index (χ1n) is 7.25. The molecule has 0 atom stereocenters. The molecule has 1 heterocycles. The van der Waals surface area contributed by atoms with E-state index in [1.54, 1.807) is 0 Å². The van der Waals surface area contributed by atoms with E-state index in [0.29, 0.717) is 0 Å². The number of nitrogens with one attached hydrogen (secondary N) is 1. The van der Waals surface area contributed by atoms with Crippen LogP contribution in [-0.4, -0.2) is 35.6 Å². The van der Waals surface area contributed by atoms with Gasteiger partial charge in [0.25, 0.3) is 0 Å².